The molecule has 1 unspecified atom stereocenters. The second kappa shape index (κ2) is 10.8. The van der Waals surface area contributed by atoms with E-state index in [2.05, 4.69) is 46.5 Å². The van der Waals surface area contributed by atoms with Gasteiger partial charge < -0.3 is 19.7 Å². The van der Waals surface area contributed by atoms with Gasteiger partial charge in [-0.3, -0.25) is 4.68 Å². The molecular weight excluding hydrogens is 402 g/mol. The molecule has 1 fully saturated rings. The second-order valence-electron chi connectivity index (χ2n) is 7.84. The summed E-state index contributed by atoms with van der Waals surface area (Å²) >= 11 is 0. The number of hydrogen-bond acceptors (Lipinski definition) is 4. The molecule has 0 radical (unpaired) electrons. The van der Waals surface area contributed by atoms with Crippen LogP contribution in [0.2, 0.25) is 0 Å². The number of rotatable bonds is 7. The minimum absolute atomic E-state index is 0.00218. The Bertz CT molecular complexity index is 1000. The first kappa shape index (κ1) is 21.9. The van der Waals surface area contributed by atoms with Gasteiger partial charge in [-0.05, 0) is 30.2 Å². The summed E-state index contributed by atoms with van der Waals surface area (Å²) in [6, 6.07) is 18.4. The Balaban J connectivity index is 1.36. The number of aryl methyl sites for hydroxylation is 1. The fraction of sp³-hybridized carbons (Fsp3) is 0.360. The number of morpholine rings is 1. The van der Waals surface area contributed by atoms with Crippen LogP contribution in [0.5, 0.6) is 5.75 Å². The van der Waals surface area contributed by atoms with Crippen LogP contribution in [0.1, 0.15) is 29.7 Å². The third-order valence-electron chi connectivity index (χ3n) is 5.38. The largest absolute Gasteiger partial charge is 0.489 e. The van der Waals surface area contributed by atoms with Crippen molar-refractivity contribution in [2.75, 3.05) is 26.2 Å². The molecule has 0 saturated carbocycles. The fourth-order valence-electron chi connectivity index (χ4n) is 3.67. The van der Waals surface area contributed by atoms with E-state index in [9.17, 15) is 0 Å². The molecule has 7 nitrogen and oxygen atoms in total. The first-order valence-electron chi connectivity index (χ1n) is 11.1. The van der Waals surface area contributed by atoms with Crippen LogP contribution in [-0.4, -0.2) is 46.9 Å². The van der Waals surface area contributed by atoms with Crippen LogP contribution in [-0.2, 0) is 24.9 Å². The lowest BCUT2D eigenvalue weighted by atomic mass is 10.1. The van der Waals surface area contributed by atoms with E-state index in [0.717, 1.165) is 48.0 Å². The molecular formula is C25H31N5O2. The Morgan fingerprint density at radius 3 is 2.69 bits per heavy atom. The van der Waals surface area contributed by atoms with Crippen LogP contribution in [0.15, 0.2) is 72.0 Å². The van der Waals surface area contributed by atoms with E-state index >= 15 is 0 Å². The van der Waals surface area contributed by atoms with E-state index in [1.807, 2.05) is 54.5 Å². The molecule has 32 heavy (non-hydrogen) atoms. The first-order chi connectivity index (χ1) is 15.7. The molecule has 0 amide bonds. The predicted molar refractivity (Wildman–Crippen MR) is 126 cm³/mol. The molecule has 2 aromatic carbocycles. The van der Waals surface area contributed by atoms with Gasteiger partial charge >= 0.3 is 0 Å². The van der Waals surface area contributed by atoms with E-state index in [-0.39, 0.29) is 6.10 Å². The number of guanidine groups is 1. The van der Waals surface area contributed by atoms with Crippen molar-refractivity contribution in [1.29, 1.82) is 0 Å². The van der Waals surface area contributed by atoms with Gasteiger partial charge in [-0.1, -0.05) is 42.5 Å². The minimum atomic E-state index is 0.00218. The van der Waals surface area contributed by atoms with Crippen molar-refractivity contribution in [3.63, 3.8) is 0 Å². The highest BCUT2D eigenvalue weighted by Gasteiger charge is 2.25. The Morgan fingerprint density at radius 1 is 1.16 bits per heavy atom. The van der Waals surface area contributed by atoms with E-state index in [4.69, 9.17) is 14.5 Å². The van der Waals surface area contributed by atoms with Gasteiger partial charge in [-0.2, -0.15) is 5.10 Å². The quantitative estimate of drug-likeness (QED) is 0.456. The monoisotopic (exact) mass is 433 g/mol. The number of nitrogens with one attached hydrogen (secondary N) is 1. The summed E-state index contributed by atoms with van der Waals surface area (Å²) in [5.74, 6) is 1.77. The standard InChI is InChI=1S/C25H31N5O2/c1-3-26-25(30-13-14-31-24(18-30)22-16-28-29(2)17-22)27-15-20-9-11-23(12-10-20)32-19-21-7-5-4-6-8-21/h4-12,16-17,24H,3,13-15,18-19H2,1-2H3,(H,26,27). The molecule has 1 aromatic heterocycles. The van der Waals surface area contributed by atoms with E-state index in [1.165, 1.54) is 0 Å². The summed E-state index contributed by atoms with van der Waals surface area (Å²) < 4.78 is 13.7. The third-order valence-corrected chi connectivity index (χ3v) is 5.38. The summed E-state index contributed by atoms with van der Waals surface area (Å²) in [5, 5.41) is 7.70. The summed E-state index contributed by atoms with van der Waals surface area (Å²) in [7, 11) is 1.92. The van der Waals surface area contributed by atoms with Gasteiger partial charge in [0.2, 0.25) is 0 Å². The maximum Gasteiger partial charge on any atom is 0.194 e. The topological polar surface area (TPSA) is 63.9 Å². The molecule has 3 aromatic rings. The van der Waals surface area contributed by atoms with Crippen molar-refractivity contribution in [2.24, 2.45) is 12.0 Å². The maximum absolute atomic E-state index is 5.98. The average molecular weight is 434 g/mol. The second-order valence-corrected chi connectivity index (χ2v) is 7.84. The highest BCUT2D eigenvalue weighted by Crippen LogP contribution is 2.22. The summed E-state index contributed by atoms with van der Waals surface area (Å²) in [5.41, 5.74) is 3.40. The fourth-order valence-corrected chi connectivity index (χ4v) is 3.67. The van der Waals surface area contributed by atoms with E-state index in [0.29, 0.717) is 19.8 Å². The maximum atomic E-state index is 5.98. The van der Waals surface area contributed by atoms with Crippen molar-refractivity contribution in [1.82, 2.24) is 20.0 Å². The zero-order valence-corrected chi connectivity index (χ0v) is 18.8. The highest BCUT2D eigenvalue weighted by atomic mass is 16.5. The van der Waals surface area contributed by atoms with Gasteiger partial charge in [0.1, 0.15) is 18.5 Å². The lowest BCUT2D eigenvalue weighted by Gasteiger charge is -2.34. The molecule has 1 N–H and O–H groups in total. The van der Waals surface area contributed by atoms with Crippen LogP contribution in [0.4, 0.5) is 0 Å². The third kappa shape index (κ3) is 5.88. The molecule has 1 saturated heterocycles. The number of aromatic nitrogens is 2. The number of ether oxygens (including phenoxy) is 2. The van der Waals surface area contributed by atoms with Gasteiger partial charge in [0.25, 0.3) is 0 Å². The zero-order valence-electron chi connectivity index (χ0n) is 18.8. The van der Waals surface area contributed by atoms with Crippen LogP contribution in [0.3, 0.4) is 0 Å². The molecule has 0 bridgehead atoms. The number of hydrogen-bond donors (Lipinski definition) is 1. The summed E-state index contributed by atoms with van der Waals surface area (Å²) in [6.07, 6.45) is 3.89. The van der Waals surface area contributed by atoms with E-state index in [1.54, 1.807) is 0 Å². The molecule has 4 rings (SSSR count). The van der Waals surface area contributed by atoms with Crippen LogP contribution < -0.4 is 10.1 Å². The van der Waals surface area contributed by atoms with Gasteiger partial charge in [0.15, 0.2) is 5.96 Å². The summed E-state index contributed by atoms with van der Waals surface area (Å²) in [4.78, 5) is 7.14. The Morgan fingerprint density at radius 2 is 1.97 bits per heavy atom. The first-order valence-corrected chi connectivity index (χ1v) is 11.1. The molecule has 0 aliphatic carbocycles. The zero-order chi connectivity index (χ0) is 22.2. The van der Waals surface area contributed by atoms with Crippen molar-refractivity contribution < 1.29 is 9.47 Å². The smallest absolute Gasteiger partial charge is 0.194 e. The predicted octanol–water partition coefficient (Wildman–Crippen LogP) is 3.54. The summed E-state index contributed by atoms with van der Waals surface area (Å²) in [6.45, 7) is 6.32. The van der Waals surface area contributed by atoms with Gasteiger partial charge in [0, 0.05) is 31.9 Å². The van der Waals surface area contributed by atoms with Gasteiger partial charge in [0.05, 0.1) is 25.9 Å². The molecule has 1 aliphatic rings. The van der Waals surface area contributed by atoms with E-state index < -0.39 is 0 Å². The normalized spacial score (nSPS) is 16.8. The van der Waals surface area contributed by atoms with Crippen LogP contribution in [0.25, 0.3) is 0 Å². The van der Waals surface area contributed by atoms with Crippen molar-refractivity contribution in [3.05, 3.63) is 83.7 Å². The highest BCUT2D eigenvalue weighted by molar-refractivity contribution is 5.80. The van der Waals surface area contributed by atoms with Crippen LogP contribution in [0, 0.1) is 0 Å². The molecule has 7 heteroatoms. The minimum Gasteiger partial charge on any atom is -0.489 e. The van der Waals surface area contributed by atoms with Crippen molar-refractivity contribution in [2.45, 2.75) is 26.2 Å². The van der Waals surface area contributed by atoms with Crippen molar-refractivity contribution in [3.8, 4) is 5.75 Å². The Kier molecular flexibility index (Phi) is 7.40. The molecule has 2 heterocycles. The molecule has 0 spiro atoms. The average Bonchev–Trinajstić information content (AvgIpc) is 3.28. The van der Waals surface area contributed by atoms with Gasteiger partial charge in [-0.15, -0.1) is 0 Å². The number of benzene rings is 2. The SMILES string of the molecule is CCNC(=NCc1ccc(OCc2ccccc2)cc1)N1CCOC(c2cnn(C)c2)C1. The Hall–Kier alpha value is -3.32. The molecule has 168 valence electrons. The lowest BCUT2D eigenvalue weighted by Crippen LogP contribution is -2.48. The Labute approximate surface area is 189 Å². The van der Waals surface area contributed by atoms with Gasteiger partial charge in [-0.25, -0.2) is 4.99 Å². The lowest BCUT2D eigenvalue weighted by molar-refractivity contribution is -0.00805. The number of aliphatic imine (C=N–C) groups is 1. The molecule has 1 atom stereocenters. The van der Waals surface area contributed by atoms with Crippen molar-refractivity contribution >= 4 is 5.96 Å². The number of nitrogens with zero attached hydrogens (tertiary/aromatic N) is 4. The van der Waals surface area contributed by atoms with Crippen LogP contribution >= 0.6 is 0 Å². The molecule has 1 aliphatic heterocycles.